The lowest BCUT2D eigenvalue weighted by Gasteiger charge is -2.37. The van der Waals surface area contributed by atoms with Crippen LogP contribution in [0, 0.1) is 11.8 Å². The third kappa shape index (κ3) is 2.42. The molecule has 0 aromatic rings. The van der Waals surface area contributed by atoms with Gasteiger partial charge in [-0.05, 0) is 38.1 Å². The zero-order valence-electron chi connectivity index (χ0n) is 11.2. The molecule has 3 rings (SSSR count). The Hall–Kier alpha value is -0.220. The van der Waals surface area contributed by atoms with Gasteiger partial charge in [-0.25, -0.2) is 0 Å². The Morgan fingerprint density at radius 2 is 1.94 bits per heavy atom. The van der Waals surface area contributed by atoms with Gasteiger partial charge in [0.25, 0.3) is 0 Å². The molecule has 1 N–H and O–H groups in total. The second-order valence-electron chi connectivity index (χ2n) is 6.12. The van der Waals surface area contributed by atoms with Crippen molar-refractivity contribution < 1.29 is 4.79 Å². The first-order valence-corrected chi connectivity index (χ1v) is 8.49. The number of thioether (sulfide) groups is 1. The van der Waals surface area contributed by atoms with E-state index < -0.39 is 0 Å². The Morgan fingerprint density at radius 1 is 1.22 bits per heavy atom. The molecule has 102 valence electrons. The fourth-order valence-corrected chi connectivity index (χ4v) is 5.08. The first-order chi connectivity index (χ1) is 8.78. The number of hydrogen-bond donors (Lipinski definition) is 1. The Kier molecular flexibility index (Phi) is 3.85. The van der Waals surface area contributed by atoms with E-state index in [1.54, 1.807) is 0 Å². The topological polar surface area (TPSA) is 32.3 Å². The minimum Gasteiger partial charge on any atom is -0.337 e. The summed E-state index contributed by atoms with van der Waals surface area (Å²) in [5.41, 5.74) is 0. The molecule has 3 nitrogen and oxygen atoms in total. The molecule has 3 unspecified atom stereocenters. The smallest absolute Gasteiger partial charge is 0.240 e. The molecule has 2 aliphatic carbocycles. The van der Waals surface area contributed by atoms with Crippen molar-refractivity contribution in [2.45, 2.75) is 44.2 Å². The van der Waals surface area contributed by atoms with Crippen molar-refractivity contribution in [3.8, 4) is 0 Å². The molecule has 3 aliphatic rings. The van der Waals surface area contributed by atoms with E-state index in [-0.39, 0.29) is 6.04 Å². The van der Waals surface area contributed by atoms with E-state index in [1.165, 1.54) is 32.1 Å². The van der Waals surface area contributed by atoms with Crippen LogP contribution in [0.2, 0.25) is 0 Å². The van der Waals surface area contributed by atoms with Gasteiger partial charge in [0.15, 0.2) is 0 Å². The highest BCUT2D eigenvalue weighted by Crippen LogP contribution is 2.43. The van der Waals surface area contributed by atoms with E-state index in [9.17, 15) is 4.79 Å². The van der Waals surface area contributed by atoms with Crippen molar-refractivity contribution in [3.05, 3.63) is 0 Å². The van der Waals surface area contributed by atoms with E-state index in [4.69, 9.17) is 0 Å². The van der Waals surface area contributed by atoms with E-state index in [1.807, 2.05) is 18.8 Å². The van der Waals surface area contributed by atoms with Crippen molar-refractivity contribution in [1.82, 2.24) is 10.2 Å². The van der Waals surface area contributed by atoms with Gasteiger partial charge in [-0.3, -0.25) is 4.79 Å². The molecule has 2 bridgehead atoms. The molecular weight excluding hydrogens is 244 g/mol. The lowest BCUT2D eigenvalue weighted by Crippen LogP contribution is -2.51. The minimum absolute atomic E-state index is 0.0390. The van der Waals surface area contributed by atoms with Gasteiger partial charge in [0.05, 0.1) is 6.04 Å². The highest BCUT2D eigenvalue weighted by molar-refractivity contribution is 7.99. The van der Waals surface area contributed by atoms with Gasteiger partial charge >= 0.3 is 0 Å². The van der Waals surface area contributed by atoms with Crippen LogP contribution < -0.4 is 5.32 Å². The van der Waals surface area contributed by atoms with Crippen molar-refractivity contribution in [1.29, 1.82) is 0 Å². The Bertz CT molecular complexity index is 311. The van der Waals surface area contributed by atoms with E-state index in [0.717, 1.165) is 29.9 Å². The summed E-state index contributed by atoms with van der Waals surface area (Å²) >= 11 is 1.91. The number of rotatable bonds is 2. The van der Waals surface area contributed by atoms with Crippen LogP contribution in [-0.4, -0.2) is 48.0 Å². The van der Waals surface area contributed by atoms with Crippen LogP contribution in [-0.2, 0) is 4.79 Å². The maximum absolute atomic E-state index is 12.6. The number of amides is 1. The lowest BCUT2D eigenvalue weighted by molar-refractivity contribution is -0.135. The van der Waals surface area contributed by atoms with Crippen LogP contribution in [0.3, 0.4) is 0 Å². The molecule has 0 spiro atoms. The fourth-order valence-electron chi connectivity index (χ4n) is 4.04. The van der Waals surface area contributed by atoms with E-state index in [0.29, 0.717) is 11.9 Å². The zero-order valence-corrected chi connectivity index (χ0v) is 12.0. The Labute approximate surface area is 114 Å². The summed E-state index contributed by atoms with van der Waals surface area (Å²) in [4.78, 5) is 14.8. The monoisotopic (exact) mass is 268 g/mol. The summed E-state index contributed by atoms with van der Waals surface area (Å²) in [5, 5.41) is 3.19. The van der Waals surface area contributed by atoms with E-state index in [2.05, 4.69) is 10.2 Å². The highest BCUT2D eigenvalue weighted by atomic mass is 32.2. The zero-order chi connectivity index (χ0) is 12.5. The van der Waals surface area contributed by atoms with Gasteiger partial charge in [-0.15, -0.1) is 0 Å². The number of likely N-dealkylation sites (N-methyl/N-ethyl adjacent to an activating group) is 1. The quantitative estimate of drug-likeness (QED) is 0.828. The van der Waals surface area contributed by atoms with E-state index >= 15 is 0 Å². The van der Waals surface area contributed by atoms with Crippen LogP contribution in [0.5, 0.6) is 0 Å². The van der Waals surface area contributed by atoms with Crippen molar-refractivity contribution in [3.63, 3.8) is 0 Å². The number of nitrogens with zero attached hydrogens (tertiary/aromatic N) is 1. The minimum atomic E-state index is 0.0390. The second kappa shape index (κ2) is 5.41. The molecule has 18 heavy (non-hydrogen) atoms. The van der Waals surface area contributed by atoms with Crippen LogP contribution in [0.25, 0.3) is 0 Å². The summed E-state index contributed by atoms with van der Waals surface area (Å²) in [6.45, 7) is 0.964. The molecule has 3 fully saturated rings. The molecule has 0 radical (unpaired) electrons. The Balaban J connectivity index is 1.71. The first kappa shape index (κ1) is 12.8. The molecule has 0 aromatic carbocycles. The standard InChI is InChI=1S/C14H24N2OS/c1-15-13-9-18-5-4-16(14(13)17)12-7-10-2-3-11(6-10)8-12/h10-13,15H,2-9H2,1H3. The summed E-state index contributed by atoms with van der Waals surface area (Å²) in [6, 6.07) is 0.579. The third-order valence-electron chi connectivity index (χ3n) is 4.99. The number of carbonyl (C=O) groups excluding carboxylic acids is 1. The number of hydrogen-bond acceptors (Lipinski definition) is 3. The average molecular weight is 268 g/mol. The number of nitrogens with one attached hydrogen (secondary N) is 1. The molecule has 1 aliphatic heterocycles. The summed E-state index contributed by atoms with van der Waals surface area (Å²) in [6.07, 6.45) is 6.79. The number of fused-ring (bicyclic) bond motifs is 2. The van der Waals surface area contributed by atoms with Gasteiger partial charge in [0.1, 0.15) is 0 Å². The predicted molar refractivity (Wildman–Crippen MR) is 75.7 cm³/mol. The summed E-state index contributed by atoms with van der Waals surface area (Å²) < 4.78 is 0. The first-order valence-electron chi connectivity index (χ1n) is 7.33. The molecule has 2 saturated carbocycles. The average Bonchev–Trinajstić information content (AvgIpc) is 2.61. The SMILES string of the molecule is CNC1CSCCN(C2CC3CCC(C3)C2)C1=O. The van der Waals surface area contributed by atoms with Gasteiger partial charge < -0.3 is 10.2 Å². The van der Waals surface area contributed by atoms with Crippen LogP contribution in [0.15, 0.2) is 0 Å². The maximum atomic E-state index is 12.6. The van der Waals surface area contributed by atoms with Gasteiger partial charge in [0, 0.05) is 24.1 Å². The lowest BCUT2D eigenvalue weighted by atomic mass is 9.84. The highest BCUT2D eigenvalue weighted by Gasteiger charge is 2.39. The summed E-state index contributed by atoms with van der Waals surface area (Å²) in [7, 11) is 1.91. The molecular formula is C14H24N2OS. The van der Waals surface area contributed by atoms with Crippen molar-refractivity contribution in [2.24, 2.45) is 11.8 Å². The van der Waals surface area contributed by atoms with Gasteiger partial charge in [-0.1, -0.05) is 12.8 Å². The predicted octanol–water partition coefficient (Wildman–Crippen LogP) is 1.73. The van der Waals surface area contributed by atoms with Crippen LogP contribution >= 0.6 is 11.8 Å². The van der Waals surface area contributed by atoms with Crippen LogP contribution in [0.1, 0.15) is 32.1 Å². The third-order valence-corrected chi connectivity index (χ3v) is 6.03. The summed E-state index contributed by atoms with van der Waals surface area (Å²) in [5.74, 6) is 4.21. The Morgan fingerprint density at radius 3 is 2.61 bits per heavy atom. The molecule has 4 heteroatoms. The normalized spacial score (nSPS) is 40.9. The largest absolute Gasteiger partial charge is 0.337 e. The van der Waals surface area contributed by atoms with Crippen LogP contribution in [0.4, 0.5) is 0 Å². The molecule has 1 saturated heterocycles. The fraction of sp³-hybridized carbons (Fsp3) is 0.929. The molecule has 3 atom stereocenters. The van der Waals surface area contributed by atoms with Crippen molar-refractivity contribution >= 4 is 17.7 Å². The van der Waals surface area contributed by atoms with Gasteiger partial charge in [-0.2, -0.15) is 11.8 Å². The molecule has 1 amide bonds. The van der Waals surface area contributed by atoms with Gasteiger partial charge in [0.2, 0.25) is 5.91 Å². The molecule has 1 heterocycles. The molecule has 0 aromatic heterocycles. The van der Waals surface area contributed by atoms with Crippen molar-refractivity contribution in [2.75, 3.05) is 25.1 Å². The second-order valence-corrected chi connectivity index (χ2v) is 7.27. The maximum Gasteiger partial charge on any atom is 0.240 e. The number of carbonyl (C=O) groups is 1.